The van der Waals surface area contributed by atoms with Gasteiger partial charge in [-0.15, -0.1) is 0 Å². The molecular weight excluding hydrogens is 344 g/mol. The maximum atomic E-state index is 12.1. The van der Waals surface area contributed by atoms with Crippen molar-refractivity contribution in [3.8, 4) is 17.1 Å². The van der Waals surface area contributed by atoms with Gasteiger partial charge in [-0.25, -0.2) is 14.8 Å². The van der Waals surface area contributed by atoms with E-state index in [1.807, 2.05) is 42.5 Å². The van der Waals surface area contributed by atoms with Crippen molar-refractivity contribution in [2.24, 2.45) is 0 Å². The van der Waals surface area contributed by atoms with Crippen LogP contribution in [0.15, 0.2) is 67.3 Å². The monoisotopic (exact) mass is 362 g/mol. The summed E-state index contributed by atoms with van der Waals surface area (Å²) >= 11 is 0. The fourth-order valence-corrected chi connectivity index (χ4v) is 2.75. The Kier molecular flexibility index (Phi) is 4.91. The lowest BCUT2D eigenvalue weighted by molar-refractivity contribution is 0.00692. The van der Waals surface area contributed by atoms with Crippen molar-refractivity contribution in [2.75, 3.05) is 13.1 Å². The molecule has 0 aliphatic carbocycles. The summed E-state index contributed by atoms with van der Waals surface area (Å²) in [4.78, 5) is 26.4. The second-order valence-electron chi connectivity index (χ2n) is 6.13. The summed E-state index contributed by atoms with van der Waals surface area (Å²) in [5.74, 6) is 0.450. The third kappa shape index (κ3) is 4.03. The highest BCUT2D eigenvalue weighted by Crippen LogP contribution is 2.27. The zero-order chi connectivity index (χ0) is 18.5. The molecule has 7 nitrogen and oxygen atoms in total. The minimum Gasteiger partial charge on any atom is -0.469 e. The van der Waals surface area contributed by atoms with Gasteiger partial charge in [-0.2, -0.15) is 0 Å². The fraction of sp³-hybridized carbons (Fsp3) is 0.200. The molecule has 0 saturated carbocycles. The smallest absolute Gasteiger partial charge is 0.410 e. The first kappa shape index (κ1) is 17.0. The molecule has 0 atom stereocenters. The summed E-state index contributed by atoms with van der Waals surface area (Å²) in [5.41, 5.74) is 2.50. The van der Waals surface area contributed by atoms with Gasteiger partial charge < -0.3 is 14.4 Å². The third-order valence-electron chi connectivity index (χ3n) is 4.21. The van der Waals surface area contributed by atoms with Gasteiger partial charge in [-0.1, -0.05) is 30.3 Å². The molecule has 27 heavy (non-hydrogen) atoms. The Bertz CT molecular complexity index is 899. The molecule has 4 rings (SSSR count). The molecule has 1 aromatic carbocycles. The molecule has 0 unspecified atom stereocenters. The van der Waals surface area contributed by atoms with E-state index in [0.717, 1.165) is 11.1 Å². The number of hydrogen-bond acceptors (Lipinski definition) is 6. The summed E-state index contributed by atoms with van der Waals surface area (Å²) in [6.07, 6.45) is 6.13. The number of nitrogens with zero attached hydrogens (tertiary/aromatic N) is 4. The zero-order valence-electron chi connectivity index (χ0n) is 14.6. The van der Waals surface area contributed by atoms with E-state index in [0.29, 0.717) is 24.7 Å². The van der Waals surface area contributed by atoms with E-state index in [9.17, 15) is 4.79 Å². The molecule has 0 bridgehead atoms. The van der Waals surface area contributed by atoms with Crippen LogP contribution in [-0.2, 0) is 11.3 Å². The number of ether oxygens (including phenoxy) is 2. The molecule has 0 N–H and O–H groups in total. The van der Waals surface area contributed by atoms with Crippen LogP contribution < -0.4 is 4.74 Å². The highest BCUT2D eigenvalue weighted by Gasteiger charge is 2.34. The number of rotatable bonds is 5. The minimum atomic E-state index is -0.341. The van der Waals surface area contributed by atoms with Gasteiger partial charge in [-0.3, -0.25) is 4.98 Å². The van der Waals surface area contributed by atoms with E-state index in [1.54, 1.807) is 29.7 Å². The molecule has 2 aromatic heterocycles. The number of benzene rings is 1. The van der Waals surface area contributed by atoms with Crippen molar-refractivity contribution in [3.63, 3.8) is 0 Å². The first-order chi connectivity index (χ1) is 13.3. The average Bonchev–Trinajstić information content (AvgIpc) is 2.70. The predicted molar refractivity (Wildman–Crippen MR) is 97.9 cm³/mol. The fourth-order valence-electron chi connectivity index (χ4n) is 2.75. The Morgan fingerprint density at radius 3 is 2.52 bits per heavy atom. The third-order valence-corrected chi connectivity index (χ3v) is 4.21. The summed E-state index contributed by atoms with van der Waals surface area (Å²) in [6, 6.07) is 13.3. The van der Waals surface area contributed by atoms with E-state index in [4.69, 9.17) is 9.47 Å². The van der Waals surface area contributed by atoms with E-state index < -0.39 is 0 Å². The zero-order valence-corrected chi connectivity index (χ0v) is 14.6. The first-order valence-corrected chi connectivity index (χ1v) is 8.63. The molecule has 1 aliphatic heterocycles. The van der Waals surface area contributed by atoms with Crippen LogP contribution in [0.5, 0.6) is 5.88 Å². The van der Waals surface area contributed by atoms with E-state index in [1.165, 1.54) is 0 Å². The normalized spacial score (nSPS) is 13.7. The van der Waals surface area contributed by atoms with Crippen molar-refractivity contribution in [2.45, 2.75) is 12.7 Å². The molecule has 3 heterocycles. The molecule has 136 valence electrons. The van der Waals surface area contributed by atoms with Gasteiger partial charge in [0.1, 0.15) is 18.4 Å². The van der Waals surface area contributed by atoms with Crippen molar-refractivity contribution < 1.29 is 14.3 Å². The van der Waals surface area contributed by atoms with E-state index in [-0.39, 0.29) is 18.8 Å². The molecule has 7 heteroatoms. The van der Waals surface area contributed by atoms with Crippen molar-refractivity contribution in [3.05, 3.63) is 72.8 Å². The lowest BCUT2D eigenvalue weighted by Crippen LogP contribution is -2.56. The summed E-state index contributed by atoms with van der Waals surface area (Å²) < 4.78 is 11.3. The number of hydrogen-bond donors (Lipinski definition) is 0. The van der Waals surface area contributed by atoms with Crippen LogP contribution in [0.3, 0.4) is 0 Å². The van der Waals surface area contributed by atoms with Crippen LogP contribution in [0, 0.1) is 0 Å². The van der Waals surface area contributed by atoms with Crippen molar-refractivity contribution in [1.82, 2.24) is 19.9 Å². The number of pyridine rings is 1. The van der Waals surface area contributed by atoms with Crippen molar-refractivity contribution in [1.29, 1.82) is 0 Å². The van der Waals surface area contributed by atoms with Crippen LogP contribution >= 0.6 is 0 Å². The van der Waals surface area contributed by atoms with Gasteiger partial charge in [-0.05, 0) is 17.7 Å². The standard InChI is InChI=1S/C20H18N4O3/c25-20(26-14-15-4-2-1-3-5-15)24-12-17(13-24)27-19-18(22-10-11-23-19)16-6-8-21-9-7-16/h1-11,17H,12-14H2. The minimum absolute atomic E-state index is 0.133. The molecule has 3 aromatic rings. The maximum Gasteiger partial charge on any atom is 0.410 e. The number of carbonyl (C=O) groups excluding carboxylic acids is 1. The van der Waals surface area contributed by atoms with Crippen LogP contribution in [0.25, 0.3) is 11.3 Å². The van der Waals surface area contributed by atoms with Gasteiger partial charge in [0.15, 0.2) is 0 Å². The van der Waals surface area contributed by atoms with Crippen LogP contribution in [0.2, 0.25) is 0 Å². The lowest BCUT2D eigenvalue weighted by Gasteiger charge is -2.37. The highest BCUT2D eigenvalue weighted by molar-refractivity contribution is 5.69. The Labute approximate surface area is 156 Å². The highest BCUT2D eigenvalue weighted by atomic mass is 16.6. The Balaban J connectivity index is 1.31. The first-order valence-electron chi connectivity index (χ1n) is 8.63. The molecule has 0 radical (unpaired) electrons. The second kappa shape index (κ2) is 7.82. The Morgan fingerprint density at radius 1 is 1.00 bits per heavy atom. The van der Waals surface area contributed by atoms with E-state index in [2.05, 4.69) is 15.0 Å². The summed E-state index contributed by atoms with van der Waals surface area (Å²) in [6.45, 7) is 1.18. The van der Waals surface area contributed by atoms with Gasteiger partial charge in [0.2, 0.25) is 5.88 Å². The largest absolute Gasteiger partial charge is 0.469 e. The molecule has 1 fully saturated rings. The lowest BCUT2D eigenvalue weighted by atomic mass is 10.1. The molecular formula is C20H18N4O3. The quantitative estimate of drug-likeness (QED) is 0.694. The van der Waals surface area contributed by atoms with Gasteiger partial charge >= 0.3 is 6.09 Å². The SMILES string of the molecule is O=C(OCc1ccccc1)N1CC(Oc2nccnc2-c2ccncc2)C1. The number of carbonyl (C=O) groups is 1. The number of aromatic nitrogens is 3. The average molecular weight is 362 g/mol. The van der Waals surface area contributed by atoms with Crippen LogP contribution in [0.1, 0.15) is 5.56 Å². The Morgan fingerprint density at radius 2 is 1.74 bits per heavy atom. The molecule has 0 spiro atoms. The van der Waals surface area contributed by atoms with Crippen molar-refractivity contribution >= 4 is 6.09 Å². The molecule has 1 amide bonds. The van der Waals surface area contributed by atoms with Gasteiger partial charge in [0, 0.05) is 30.4 Å². The molecule has 1 saturated heterocycles. The maximum absolute atomic E-state index is 12.1. The molecule has 1 aliphatic rings. The van der Waals surface area contributed by atoms with Crippen LogP contribution in [0.4, 0.5) is 4.79 Å². The Hall–Kier alpha value is -3.48. The van der Waals surface area contributed by atoms with Gasteiger partial charge in [0.05, 0.1) is 13.1 Å². The topological polar surface area (TPSA) is 77.4 Å². The predicted octanol–water partition coefficient (Wildman–Crippen LogP) is 2.94. The number of amides is 1. The van der Waals surface area contributed by atoms with Crippen LogP contribution in [-0.4, -0.2) is 45.1 Å². The van der Waals surface area contributed by atoms with E-state index >= 15 is 0 Å². The summed E-state index contributed by atoms with van der Waals surface area (Å²) in [5, 5.41) is 0. The second-order valence-corrected chi connectivity index (χ2v) is 6.13. The van der Waals surface area contributed by atoms with Gasteiger partial charge in [0.25, 0.3) is 0 Å². The number of likely N-dealkylation sites (tertiary alicyclic amines) is 1. The summed E-state index contributed by atoms with van der Waals surface area (Å²) in [7, 11) is 0.